The zero-order valence-corrected chi connectivity index (χ0v) is 7.33. The molecule has 0 aliphatic carbocycles. The maximum absolute atomic E-state index is 10.8. The maximum Gasteiger partial charge on any atom is 0.307 e. The van der Waals surface area contributed by atoms with Crippen LogP contribution in [0.1, 0.15) is 20.8 Å². The van der Waals surface area contributed by atoms with Crippen molar-refractivity contribution < 1.29 is 19.5 Å². The number of ketones is 2. The molecule has 4 nitrogen and oxygen atoms in total. The number of carbonyl (C=O) groups excluding carboxylic acids is 2. The minimum Gasteiger partial charge on any atom is -0.481 e. The zero-order valence-electron chi connectivity index (χ0n) is 7.33. The van der Waals surface area contributed by atoms with E-state index < -0.39 is 29.4 Å². The van der Waals surface area contributed by atoms with E-state index in [4.69, 9.17) is 5.11 Å². The molecule has 0 spiro atoms. The van der Waals surface area contributed by atoms with Crippen LogP contribution in [0, 0.1) is 11.8 Å². The van der Waals surface area contributed by atoms with Gasteiger partial charge in [-0.2, -0.15) is 0 Å². The quantitative estimate of drug-likeness (QED) is 0.627. The minimum absolute atomic E-state index is 0.391. The lowest BCUT2D eigenvalue weighted by Gasteiger charge is -2.13. The lowest BCUT2D eigenvalue weighted by atomic mass is 9.88. The highest BCUT2D eigenvalue weighted by Gasteiger charge is 2.30. The third kappa shape index (κ3) is 2.45. The Balaban J connectivity index is 4.63. The molecule has 0 aliphatic rings. The zero-order chi connectivity index (χ0) is 9.89. The van der Waals surface area contributed by atoms with Crippen LogP contribution in [0.2, 0.25) is 0 Å². The van der Waals surface area contributed by atoms with Gasteiger partial charge in [-0.25, -0.2) is 0 Å². The Morgan fingerprint density at radius 2 is 1.42 bits per heavy atom. The van der Waals surface area contributed by atoms with Crippen molar-refractivity contribution in [3.8, 4) is 0 Å². The number of hydrogen-bond donors (Lipinski definition) is 1. The molecule has 12 heavy (non-hydrogen) atoms. The van der Waals surface area contributed by atoms with E-state index in [0.717, 1.165) is 0 Å². The minimum atomic E-state index is -1.12. The van der Waals surface area contributed by atoms with E-state index in [1.807, 2.05) is 0 Å². The van der Waals surface area contributed by atoms with Gasteiger partial charge in [0.15, 0.2) is 0 Å². The molecule has 4 heteroatoms. The summed E-state index contributed by atoms with van der Waals surface area (Å²) in [5.41, 5.74) is 0. The Kier molecular flexibility index (Phi) is 3.60. The Morgan fingerprint density at radius 3 is 1.50 bits per heavy atom. The van der Waals surface area contributed by atoms with Crippen LogP contribution in [0.15, 0.2) is 0 Å². The van der Waals surface area contributed by atoms with Crippen molar-refractivity contribution in [3.63, 3.8) is 0 Å². The van der Waals surface area contributed by atoms with E-state index in [1.54, 1.807) is 0 Å². The van der Waals surface area contributed by atoms with Crippen molar-refractivity contribution in [3.05, 3.63) is 0 Å². The van der Waals surface area contributed by atoms with Crippen molar-refractivity contribution in [2.45, 2.75) is 20.8 Å². The van der Waals surface area contributed by atoms with Crippen LogP contribution in [0.25, 0.3) is 0 Å². The second-order valence-corrected chi connectivity index (χ2v) is 2.83. The lowest BCUT2D eigenvalue weighted by molar-refractivity contribution is -0.148. The van der Waals surface area contributed by atoms with E-state index in [9.17, 15) is 14.4 Å². The first-order valence-corrected chi connectivity index (χ1v) is 3.61. The first kappa shape index (κ1) is 10.8. The molecule has 0 bridgehead atoms. The van der Waals surface area contributed by atoms with Gasteiger partial charge in [0.25, 0.3) is 0 Å². The summed E-state index contributed by atoms with van der Waals surface area (Å²) < 4.78 is 0. The van der Waals surface area contributed by atoms with Crippen LogP contribution in [-0.4, -0.2) is 22.6 Å². The summed E-state index contributed by atoms with van der Waals surface area (Å²) >= 11 is 0. The molecule has 0 aromatic carbocycles. The van der Waals surface area contributed by atoms with Gasteiger partial charge in [0.05, 0.1) is 11.8 Å². The summed E-state index contributed by atoms with van der Waals surface area (Å²) in [6, 6.07) is 0. The molecule has 1 N–H and O–H groups in total. The fourth-order valence-corrected chi connectivity index (χ4v) is 1.13. The molecular formula is C8H12O4. The van der Waals surface area contributed by atoms with Gasteiger partial charge in [0.2, 0.25) is 0 Å². The van der Waals surface area contributed by atoms with Crippen molar-refractivity contribution in [1.82, 2.24) is 0 Å². The van der Waals surface area contributed by atoms with Crippen LogP contribution in [0.4, 0.5) is 0 Å². The van der Waals surface area contributed by atoms with E-state index in [1.165, 1.54) is 20.8 Å². The van der Waals surface area contributed by atoms with E-state index in [-0.39, 0.29) is 0 Å². The highest BCUT2D eigenvalue weighted by Crippen LogP contribution is 2.13. The molecule has 0 aromatic heterocycles. The number of carbonyl (C=O) groups is 3. The summed E-state index contributed by atoms with van der Waals surface area (Å²) in [5.74, 6) is -3.83. The summed E-state index contributed by atoms with van der Waals surface area (Å²) in [7, 11) is 0. The van der Waals surface area contributed by atoms with Crippen molar-refractivity contribution in [1.29, 1.82) is 0 Å². The van der Waals surface area contributed by atoms with Crippen molar-refractivity contribution >= 4 is 17.5 Å². The van der Waals surface area contributed by atoms with Crippen molar-refractivity contribution in [2.75, 3.05) is 0 Å². The molecule has 0 aromatic rings. The van der Waals surface area contributed by atoms with Crippen LogP contribution >= 0.6 is 0 Å². The van der Waals surface area contributed by atoms with Gasteiger partial charge < -0.3 is 5.11 Å². The smallest absolute Gasteiger partial charge is 0.307 e. The molecule has 0 rings (SSSR count). The van der Waals surface area contributed by atoms with Crippen molar-refractivity contribution in [2.24, 2.45) is 11.8 Å². The van der Waals surface area contributed by atoms with E-state index in [0.29, 0.717) is 0 Å². The topological polar surface area (TPSA) is 71.4 Å². The average molecular weight is 172 g/mol. The summed E-state index contributed by atoms with van der Waals surface area (Å²) in [6.45, 7) is 3.81. The second-order valence-electron chi connectivity index (χ2n) is 2.83. The highest BCUT2D eigenvalue weighted by atomic mass is 16.4. The number of Topliss-reactive ketones (excluding diaryl/α,β-unsaturated/α-hetero) is 2. The third-order valence-electron chi connectivity index (χ3n) is 1.77. The van der Waals surface area contributed by atoms with Gasteiger partial charge in [0, 0.05) is 0 Å². The van der Waals surface area contributed by atoms with Gasteiger partial charge in [0.1, 0.15) is 11.6 Å². The fraction of sp³-hybridized carbons (Fsp3) is 0.625. The number of aliphatic carboxylic acids is 1. The van der Waals surface area contributed by atoms with Gasteiger partial charge in [-0.15, -0.1) is 0 Å². The molecule has 0 radical (unpaired) electrons. The predicted octanol–water partition coefficient (Wildman–Crippen LogP) is 0.501. The molecule has 0 aliphatic heterocycles. The Hall–Kier alpha value is -1.19. The monoisotopic (exact) mass is 172 g/mol. The van der Waals surface area contributed by atoms with Crippen LogP contribution < -0.4 is 0 Å². The SMILES string of the molecule is CC(=O)C(C(C)=O)[C@@H](C)C(=O)O. The molecule has 0 amide bonds. The lowest BCUT2D eigenvalue weighted by Crippen LogP contribution is -2.31. The largest absolute Gasteiger partial charge is 0.481 e. The summed E-state index contributed by atoms with van der Waals surface area (Å²) in [6.07, 6.45) is 0. The standard InChI is InChI=1S/C8H12O4/c1-4(8(11)12)7(5(2)9)6(3)10/h4,7H,1-3H3,(H,11,12)/t4-/m1/s1. The van der Waals surface area contributed by atoms with Gasteiger partial charge in [-0.3, -0.25) is 14.4 Å². The van der Waals surface area contributed by atoms with Gasteiger partial charge in [-0.05, 0) is 13.8 Å². The molecule has 0 saturated heterocycles. The average Bonchev–Trinajstić information content (AvgIpc) is 1.85. The number of carboxylic acid groups (broad SMARTS) is 1. The predicted molar refractivity (Wildman–Crippen MR) is 41.7 cm³/mol. The molecule has 68 valence electrons. The maximum atomic E-state index is 10.8. The summed E-state index contributed by atoms with van der Waals surface area (Å²) in [4.78, 5) is 32.1. The van der Waals surface area contributed by atoms with Crippen LogP contribution in [0.5, 0.6) is 0 Å². The van der Waals surface area contributed by atoms with Crippen LogP contribution in [0.3, 0.4) is 0 Å². The number of hydrogen-bond acceptors (Lipinski definition) is 3. The Morgan fingerprint density at radius 1 is 1.08 bits per heavy atom. The molecular weight excluding hydrogens is 160 g/mol. The Labute approximate surface area is 70.6 Å². The molecule has 0 unspecified atom stereocenters. The van der Waals surface area contributed by atoms with E-state index >= 15 is 0 Å². The Bertz CT molecular complexity index is 205. The third-order valence-corrected chi connectivity index (χ3v) is 1.77. The second kappa shape index (κ2) is 3.99. The first-order valence-electron chi connectivity index (χ1n) is 3.61. The molecule has 1 atom stereocenters. The fourth-order valence-electron chi connectivity index (χ4n) is 1.13. The molecule has 0 heterocycles. The number of carboxylic acids is 1. The highest BCUT2D eigenvalue weighted by molar-refractivity contribution is 6.03. The molecule has 0 fully saturated rings. The normalized spacial score (nSPS) is 12.7. The van der Waals surface area contributed by atoms with E-state index in [2.05, 4.69) is 0 Å². The van der Waals surface area contributed by atoms with Crippen LogP contribution in [-0.2, 0) is 14.4 Å². The molecule has 0 saturated carbocycles. The van der Waals surface area contributed by atoms with Gasteiger partial charge >= 0.3 is 5.97 Å². The van der Waals surface area contributed by atoms with Gasteiger partial charge in [-0.1, -0.05) is 6.92 Å². The first-order chi connectivity index (χ1) is 5.37. The summed E-state index contributed by atoms with van der Waals surface area (Å²) in [5, 5.41) is 8.55. The number of rotatable bonds is 4.